The monoisotopic (exact) mass is 457 g/mol. The number of unbranched alkanes of at least 4 members (excludes halogenated alkanes) is 1. The number of esters is 2. The molecule has 0 spiro atoms. The first-order valence-electron chi connectivity index (χ1n) is 11.2. The highest BCUT2D eigenvalue weighted by Crippen LogP contribution is 2.38. The minimum atomic E-state index is -1.56. The maximum Gasteiger partial charge on any atom is 0.457 e. The molecule has 0 saturated carbocycles. The average Bonchev–Trinajstić information content (AvgIpc) is 2.81. The van der Waals surface area contributed by atoms with E-state index in [0.717, 1.165) is 0 Å². The third-order valence-corrected chi connectivity index (χ3v) is 5.52. The molecule has 1 aliphatic heterocycles. The minimum absolute atomic E-state index is 0.116. The Bertz CT molecular complexity index is 657. The van der Waals surface area contributed by atoms with Gasteiger partial charge < -0.3 is 28.8 Å². The van der Waals surface area contributed by atoms with Crippen LogP contribution in [-0.4, -0.2) is 60.7 Å². The van der Waals surface area contributed by atoms with E-state index in [1.54, 1.807) is 27.7 Å². The molecule has 10 heteroatoms. The number of ether oxygens (including phenoxy) is 3. The molecule has 0 aromatic carbocycles. The fourth-order valence-corrected chi connectivity index (χ4v) is 3.20. The maximum absolute atomic E-state index is 12.9. The van der Waals surface area contributed by atoms with Crippen molar-refractivity contribution in [3.8, 4) is 0 Å². The third kappa shape index (κ3) is 8.28. The van der Waals surface area contributed by atoms with Gasteiger partial charge in [0.05, 0.1) is 17.8 Å². The molecule has 1 heterocycles. The first-order chi connectivity index (χ1) is 14.5. The Morgan fingerprint density at radius 3 is 2.00 bits per heavy atom. The summed E-state index contributed by atoms with van der Waals surface area (Å²) in [7, 11) is -0.357. The lowest BCUT2D eigenvalue weighted by Gasteiger charge is -2.32. The van der Waals surface area contributed by atoms with E-state index in [-0.39, 0.29) is 26.8 Å². The summed E-state index contributed by atoms with van der Waals surface area (Å²) >= 11 is 0. The Hall–Kier alpha value is -1.81. The zero-order valence-corrected chi connectivity index (χ0v) is 21.1. The van der Waals surface area contributed by atoms with E-state index in [1.807, 2.05) is 27.7 Å². The summed E-state index contributed by atoms with van der Waals surface area (Å²) in [6, 6.07) is 0. The van der Waals surface area contributed by atoms with Crippen molar-refractivity contribution in [1.29, 1.82) is 0 Å². The molecule has 1 rings (SSSR count). The van der Waals surface area contributed by atoms with Gasteiger partial charge in [-0.15, -0.1) is 0 Å². The molecule has 0 radical (unpaired) electrons. The molecule has 1 fully saturated rings. The highest BCUT2D eigenvalue weighted by atomic mass is 16.7. The van der Waals surface area contributed by atoms with Crippen LogP contribution in [0.2, 0.25) is 6.32 Å². The summed E-state index contributed by atoms with van der Waals surface area (Å²) in [6.45, 7) is 15.8. The number of hydrogen-bond acceptors (Lipinski definition) is 8. The van der Waals surface area contributed by atoms with Crippen molar-refractivity contribution in [2.45, 2.75) is 110 Å². The molecule has 0 aliphatic carbocycles. The van der Waals surface area contributed by atoms with Crippen LogP contribution in [0.25, 0.3) is 0 Å². The summed E-state index contributed by atoms with van der Waals surface area (Å²) in [5.41, 5.74) is -3.15. The zero-order chi connectivity index (χ0) is 24.8. The Morgan fingerprint density at radius 2 is 1.53 bits per heavy atom. The van der Waals surface area contributed by atoms with E-state index in [4.69, 9.17) is 23.5 Å². The van der Waals surface area contributed by atoms with Crippen molar-refractivity contribution in [2.24, 2.45) is 0 Å². The number of carbonyl (C=O) groups excluding carboxylic acids is 3. The first-order valence-corrected chi connectivity index (χ1v) is 11.2. The molecule has 0 bridgehead atoms. The number of hydrogen-bond donors (Lipinski definition) is 1. The van der Waals surface area contributed by atoms with Crippen molar-refractivity contribution in [2.75, 3.05) is 13.2 Å². The molecular weight excluding hydrogens is 417 g/mol. The lowest BCUT2D eigenvalue weighted by molar-refractivity contribution is -0.158. The van der Waals surface area contributed by atoms with Crippen LogP contribution in [0.3, 0.4) is 0 Å². The van der Waals surface area contributed by atoms with Crippen LogP contribution in [0, 0.1) is 0 Å². The molecule has 1 atom stereocenters. The van der Waals surface area contributed by atoms with E-state index in [1.165, 1.54) is 6.92 Å². The van der Waals surface area contributed by atoms with Crippen LogP contribution in [0.1, 0.15) is 81.6 Å². The molecule has 1 unspecified atom stereocenters. The van der Waals surface area contributed by atoms with Crippen LogP contribution in [0.15, 0.2) is 0 Å². The Balaban J connectivity index is 2.89. The minimum Gasteiger partial charge on any atom is -0.464 e. The van der Waals surface area contributed by atoms with E-state index in [9.17, 15) is 14.4 Å². The van der Waals surface area contributed by atoms with Crippen LogP contribution in [0.5, 0.6) is 0 Å². The van der Waals surface area contributed by atoms with E-state index >= 15 is 0 Å². The Labute approximate surface area is 192 Å². The summed E-state index contributed by atoms with van der Waals surface area (Å²) in [4.78, 5) is 36.8. The molecule has 9 nitrogen and oxygen atoms in total. The first kappa shape index (κ1) is 28.2. The maximum atomic E-state index is 12.9. The number of alkyl carbamates (subject to hydrolysis) is 1. The third-order valence-electron chi connectivity index (χ3n) is 5.52. The highest BCUT2D eigenvalue weighted by Gasteiger charge is 2.50. The van der Waals surface area contributed by atoms with Gasteiger partial charge in [0.15, 0.2) is 5.54 Å². The van der Waals surface area contributed by atoms with Gasteiger partial charge in [0.1, 0.15) is 12.2 Å². The fourth-order valence-electron chi connectivity index (χ4n) is 3.20. The molecule has 1 saturated heterocycles. The second-order valence-electron chi connectivity index (χ2n) is 10.1. The second kappa shape index (κ2) is 10.9. The zero-order valence-electron chi connectivity index (χ0n) is 21.1. The molecule has 0 aromatic heterocycles. The van der Waals surface area contributed by atoms with Crippen LogP contribution < -0.4 is 5.32 Å². The van der Waals surface area contributed by atoms with Gasteiger partial charge in [0.25, 0.3) is 0 Å². The molecule has 1 N–H and O–H groups in total. The Kier molecular flexibility index (Phi) is 9.59. The van der Waals surface area contributed by atoms with Crippen molar-refractivity contribution >= 4 is 25.2 Å². The van der Waals surface area contributed by atoms with Gasteiger partial charge in [-0.3, -0.25) is 4.79 Å². The average molecular weight is 457 g/mol. The van der Waals surface area contributed by atoms with Gasteiger partial charge in [-0.1, -0.05) is 12.8 Å². The molecule has 1 amide bonds. The molecule has 32 heavy (non-hydrogen) atoms. The summed E-state index contributed by atoms with van der Waals surface area (Å²) in [5.74, 6) is -1.25. The highest BCUT2D eigenvalue weighted by molar-refractivity contribution is 6.45. The summed E-state index contributed by atoms with van der Waals surface area (Å²) in [6.07, 6.45) is 1.21. The Morgan fingerprint density at radius 1 is 0.969 bits per heavy atom. The summed E-state index contributed by atoms with van der Waals surface area (Å²) in [5, 5.41) is 2.61. The van der Waals surface area contributed by atoms with Crippen LogP contribution >= 0.6 is 0 Å². The molecule has 184 valence electrons. The number of carbonyl (C=O) groups is 3. The van der Waals surface area contributed by atoms with Gasteiger partial charge in [0.2, 0.25) is 0 Å². The van der Waals surface area contributed by atoms with Crippen LogP contribution in [-0.2, 0) is 33.1 Å². The number of rotatable bonds is 10. The lowest BCUT2D eigenvalue weighted by atomic mass is 9.81. The van der Waals surface area contributed by atoms with E-state index in [2.05, 4.69) is 5.32 Å². The summed E-state index contributed by atoms with van der Waals surface area (Å²) < 4.78 is 27.7. The van der Waals surface area contributed by atoms with Gasteiger partial charge in [0, 0.05) is 6.92 Å². The predicted octanol–water partition coefficient (Wildman–Crippen LogP) is 3.64. The van der Waals surface area contributed by atoms with Gasteiger partial charge >= 0.3 is 25.2 Å². The molecule has 0 aromatic rings. The van der Waals surface area contributed by atoms with Gasteiger partial charge in [-0.2, -0.15) is 0 Å². The fraction of sp³-hybridized carbons (Fsp3) is 0.864. The predicted molar refractivity (Wildman–Crippen MR) is 120 cm³/mol. The van der Waals surface area contributed by atoms with E-state index < -0.39 is 40.4 Å². The van der Waals surface area contributed by atoms with Crippen LogP contribution in [0.4, 0.5) is 4.79 Å². The van der Waals surface area contributed by atoms with Gasteiger partial charge in [-0.25, -0.2) is 9.59 Å². The van der Waals surface area contributed by atoms with Crippen molar-refractivity contribution in [3.63, 3.8) is 0 Å². The quantitative estimate of drug-likeness (QED) is 0.229. The lowest BCUT2D eigenvalue weighted by Crippen LogP contribution is -2.59. The molecular formula is C22H40BNO8. The van der Waals surface area contributed by atoms with E-state index in [0.29, 0.717) is 19.2 Å². The van der Waals surface area contributed by atoms with Gasteiger partial charge in [-0.05, 0) is 68.1 Å². The van der Waals surface area contributed by atoms with Crippen molar-refractivity contribution in [1.82, 2.24) is 5.32 Å². The normalized spacial score (nSPS) is 19.1. The van der Waals surface area contributed by atoms with Crippen molar-refractivity contribution in [3.05, 3.63) is 0 Å². The topological polar surface area (TPSA) is 109 Å². The molecule has 1 aliphatic rings. The smallest absolute Gasteiger partial charge is 0.457 e. The SMILES string of the molecule is CCOC(=O)C(CCCCB1OC(C)(C)C(C)(C)O1)(COC(C)=O)NC(=O)OC(C)(C)C. The number of amides is 1. The standard InChI is InChI=1S/C22H40BNO8/c1-10-28-17(26)22(15-29-16(2)25,24-18(27)30-19(3,4)5)13-11-12-14-23-31-20(6,7)21(8,9)32-23/h10-15H2,1-9H3,(H,24,27). The second-order valence-corrected chi connectivity index (χ2v) is 10.1. The van der Waals surface area contributed by atoms with Crippen molar-refractivity contribution < 1.29 is 37.9 Å². The number of nitrogens with one attached hydrogen (secondary N) is 1. The largest absolute Gasteiger partial charge is 0.464 e.